The van der Waals surface area contributed by atoms with Crippen molar-refractivity contribution in [2.24, 2.45) is 0 Å². The number of hydrogen-bond donors (Lipinski definition) is 0. The molecule has 3 aromatic carbocycles. The van der Waals surface area contributed by atoms with Crippen molar-refractivity contribution in [3.8, 4) is 0 Å². The van der Waals surface area contributed by atoms with Gasteiger partial charge in [0, 0.05) is 10.8 Å². The summed E-state index contributed by atoms with van der Waals surface area (Å²) < 4.78 is 0. The largest absolute Gasteiger partial charge is 0.289 e. The van der Waals surface area contributed by atoms with Gasteiger partial charge in [-0.2, -0.15) is 0 Å². The van der Waals surface area contributed by atoms with E-state index in [9.17, 15) is 4.79 Å². The Labute approximate surface area is 106 Å². The van der Waals surface area contributed by atoms with E-state index in [-0.39, 0.29) is 0 Å². The molecule has 4 bridgehead atoms. The van der Waals surface area contributed by atoms with Crippen LogP contribution in [-0.4, -0.2) is 0 Å². The first kappa shape index (κ1) is 10.1. The third kappa shape index (κ3) is 1.43. The van der Waals surface area contributed by atoms with E-state index in [1.807, 2.05) is 0 Å². The highest BCUT2D eigenvalue weighted by Gasteiger charge is 2.20. The highest BCUT2D eigenvalue weighted by atomic mass is 16.1. The Morgan fingerprint density at radius 1 is 0.611 bits per heavy atom. The van der Waals surface area contributed by atoms with E-state index in [1.54, 1.807) is 0 Å². The van der Waals surface area contributed by atoms with Crippen molar-refractivity contribution < 1.29 is 0 Å². The summed E-state index contributed by atoms with van der Waals surface area (Å²) in [5.41, 5.74) is 5.51. The van der Waals surface area contributed by atoms with Gasteiger partial charge >= 0.3 is 0 Å². The van der Waals surface area contributed by atoms with Gasteiger partial charge in [-0.1, -0.05) is 36.4 Å². The lowest BCUT2D eigenvalue weighted by molar-refractivity contribution is 0.937. The molecule has 0 saturated heterocycles. The van der Waals surface area contributed by atoms with Crippen LogP contribution in [0.4, 0.5) is 0 Å². The van der Waals surface area contributed by atoms with Crippen molar-refractivity contribution >= 4 is 10.8 Å². The smallest absolute Gasteiger partial charge is 0.195 e. The lowest BCUT2D eigenvalue weighted by Crippen LogP contribution is -1.96. The van der Waals surface area contributed by atoms with Crippen LogP contribution in [0, 0.1) is 0 Å². The minimum absolute atomic E-state index is 0.299. The molecular weight excluding hydrogens is 220 g/mol. The summed E-state index contributed by atoms with van der Waals surface area (Å²) in [6, 6.07) is 13.2. The average Bonchev–Trinajstić information content (AvgIpc) is 3.05. The predicted molar refractivity (Wildman–Crippen MR) is 73.8 cm³/mol. The first-order chi connectivity index (χ1) is 8.83. The lowest BCUT2D eigenvalue weighted by atomic mass is 9.97. The Morgan fingerprint density at radius 3 is 1.50 bits per heavy atom. The van der Waals surface area contributed by atoms with Gasteiger partial charge in [0.25, 0.3) is 0 Å². The van der Waals surface area contributed by atoms with E-state index >= 15 is 0 Å². The molecule has 0 radical (unpaired) electrons. The molecule has 4 aliphatic carbocycles. The maximum absolute atomic E-state index is 11.9. The number of rotatable bonds is 0. The molecule has 0 aliphatic heterocycles. The van der Waals surface area contributed by atoms with Crippen LogP contribution in [0.2, 0.25) is 0 Å². The van der Waals surface area contributed by atoms with Crippen LogP contribution in [0.15, 0.2) is 41.2 Å². The molecule has 1 nitrogen and oxygen atoms in total. The Kier molecular flexibility index (Phi) is 1.99. The normalized spacial score (nSPS) is 15.1. The molecule has 18 heavy (non-hydrogen) atoms. The molecule has 0 N–H and O–H groups in total. The third-order valence-electron chi connectivity index (χ3n) is 4.16. The molecule has 88 valence electrons. The fourth-order valence-electron chi connectivity index (χ4n) is 3.00. The van der Waals surface area contributed by atoms with Gasteiger partial charge in [0.1, 0.15) is 0 Å². The average molecular weight is 234 g/mol. The maximum atomic E-state index is 11.9. The van der Waals surface area contributed by atoms with Gasteiger partial charge in [-0.05, 0) is 47.9 Å². The zero-order valence-corrected chi connectivity index (χ0v) is 10.2. The summed E-state index contributed by atoms with van der Waals surface area (Å²) in [7, 11) is 0. The van der Waals surface area contributed by atoms with Crippen LogP contribution in [-0.2, 0) is 25.7 Å². The highest BCUT2D eigenvalue weighted by Crippen LogP contribution is 2.27. The molecular formula is C17H14O. The minimum Gasteiger partial charge on any atom is -0.289 e. The topological polar surface area (TPSA) is 17.1 Å². The molecule has 0 atom stereocenters. The number of aryl methyl sites for hydroxylation is 4. The molecule has 3 aromatic rings. The van der Waals surface area contributed by atoms with Crippen molar-refractivity contribution in [2.75, 3.05) is 0 Å². The second-order valence-corrected chi connectivity index (χ2v) is 5.28. The van der Waals surface area contributed by atoms with Gasteiger partial charge in [0.2, 0.25) is 0 Å². The molecule has 1 heteroatoms. The zero-order chi connectivity index (χ0) is 12.1. The fraction of sp³-hybridized carbons (Fsp3) is 0.235. The molecule has 0 amide bonds. The number of benzene rings is 2. The van der Waals surface area contributed by atoms with E-state index in [1.165, 1.54) is 22.3 Å². The SMILES string of the molecule is O=c1c2c3ccc(c12)CCc1ccc(cc1)CC3. The molecule has 0 saturated carbocycles. The Balaban J connectivity index is 1.86. The van der Waals surface area contributed by atoms with Crippen molar-refractivity contribution in [1.82, 2.24) is 0 Å². The molecule has 0 aromatic heterocycles. The predicted octanol–water partition coefficient (Wildman–Crippen LogP) is 2.96. The second kappa shape index (κ2) is 3.55. The van der Waals surface area contributed by atoms with Crippen LogP contribution in [0.25, 0.3) is 10.8 Å². The minimum atomic E-state index is 0.299. The Bertz CT molecular complexity index is 678. The summed E-state index contributed by atoms with van der Waals surface area (Å²) in [5, 5.41) is 2.06. The molecule has 0 unspecified atom stereocenters. The van der Waals surface area contributed by atoms with E-state index in [0.717, 1.165) is 36.5 Å². The molecule has 0 spiro atoms. The molecule has 7 rings (SSSR count). The van der Waals surface area contributed by atoms with Crippen LogP contribution in [0.3, 0.4) is 0 Å². The standard InChI is InChI=1S/C17H14O/c18-17-15-13-7-5-11-1-2-12(4-3-11)6-8-14(10-9-13)16(15)17/h1-4,9-10H,5-8H2. The van der Waals surface area contributed by atoms with Gasteiger partial charge in [-0.15, -0.1) is 0 Å². The van der Waals surface area contributed by atoms with Gasteiger partial charge < -0.3 is 0 Å². The summed E-state index contributed by atoms with van der Waals surface area (Å²) in [6.07, 6.45) is 4.01. The summed E-state index contributed by atoms with van der Waals surface area (Å²) in [4.78, 5) is 11.9. The van der Waals surface area contributed by atoms with Crippen molar-refractivity contribution in [1.29, 1.82) is 0 Å². The summed E-state index contributed by atoms with van der Waals surface area (Å²) >= 11 is 0. The maximum Gasteiger partial charge on any atom is 0.195 e. The lowest BCUT2D eigenvalue weighted by Gasteiger charge is -2.08. The van der Waals surface area contributed by atoms with E-state index in [4.69, 9.17) is 0 Å². The Morgan fingerprint density at radius 2 is 1.06 bits per heavy atom. The second-order valence-electron chi connectivity index (χ2n) is 5.28. The fourth-order valence-corrected chi connectivity index (χ4v) is 3.00. The first-order valence-corrected chi connectivity index (χ1v) is 6.60. The van der Waals surface area contributed by atoms with E-state index in [2.05, 4.69) is 36.4 Å². The number of hydrogen-bond acceptors (Lipinski definition) is 1. The van der Waals surface area contributed by atoms with E-state index in [0.29, 0.717) is 5.43 Å². The van der Waals surface area contributed by atoms with E-state index < -0.39 is 0 Å². The third-order valence-corrected chi connectivity index (χ3v) is 4.16. The van der Waals surface area contributed by atoms with Crippen molar-refractivity contribution in [2.45, 2.75) is 25.7 Å². The van der Waals surface area contributed by atoms with Crippen molar-refractivity contribution in [3.05, 3.63) is 68.9 Å². The monoisotopic (exact) mass is 234 g/mol. The zero-order valence-electron chi connectivity index (χ0n) is 10.2. The van der Waals surface area contributed by atoms with Crippen LogP contribution in [0.5, 0.6) is 0 Å². The van der Waals surface area contributed by atoms with Gasteiger partial charge in [0.05, 0.1) is 0 Å². The van der Waals surface area contributed by atoms with Gasteiger partial charge in [-0.25, -0.2) is 0 Å². The summed E-state index contributed by atoms with van der Waals surface area (Å²) in [5.74, 6) is 0. The van der Waals surface area contributed by atoms with Crippen LogP contribution >= 0.6 is 0 Å². The summed E-state index contributed by atoms with van der Waals surface area (Å²) in [6.45, 7) is 0. The molecule has 0 heterocycles. The Hall–Kier alpha value is -1.89. The van der Waals surface area contributed by atoms with Crippen LogP contribution in [0.1, 0.15) is 22.3 Å². The van der Waals surface area contributed by atoms with Crippen LogP contribution < -0.4 is 5.43 Å². The molecule has 4 aliphatic rings. The molecule has 0 fully saturated rings. The van der Waals surface area contributed by atoms with Gasteiger partial charge in [-0.3, -0.25) is 4.79 Å². The first-order valence-electron chi connectivity index (χ1n) is 6.60. The quantitative estimate of drug-likeness (QED) is 0.584. The highest BCUT2D eigenvalue weighted by molar-refractivity contribution is 6.02. The van der Waals surface area contributed by atoms with Crippen molar-refractivity contribution in [3.63, 3.8) is 0 Å². The van der Waals surface area contributed by atoms with Gasteiger partial charge in [0.15, 0.2) is 5.43 Å².